The van der Waals surface area contributed by atoms with Crippen molar-refractivity contribution in [1.29, 1.82) is 0 Å². The van der Waals surface area contributed by atoms with Gasteiger partial charge in [-0.1, -0.05) is 6.07 Å². The molecule has 1 aliphatic rings. The van der Waals surface area contributed by atoms with Crippen LogP contribution in [-0.2, 0) is 0 Å². The topological polar surface area (TPSA) is 83.5 Å². The van der Waals surface area contributed by atoms with Gasteiger partial charge in [-0.2, -0.15) is 0 Å². The molecule has 0 amide bonds. The first-order valence-electron chi connectivity index (χ1n) is 5.38. The van der Waals surface area contributed by atoms with Crippen LogP contribution in [0.2, 0.25) is 0 Å². The van der Waals surface area contributed by atoms with Crippen LogP contribution in [0, 0.1) is 0 Å². The van der Waals surface area contributed by atoms with Crippen molar-refractivity contribution in [3.63, 3.8) is 0 Å². The molecule has 1 aromatic heterocycles. The van der Waals surface area contributed by atoms with Gasteiger partial charge in [-0.05, 0) is 31.4 Å². The Bertz CT molecular complexity index is 378. The molecule has 0 bridgehead atoms. The molecular weight excluding hydrogens is 331 g/mol. The van der Waals surface area contributed by atoms with Gasteiger partial charge in [0, 0.05) is 6.20 Å². The smallest absolute Gasteiger partial charge is 0.194 e. The fourth-order valence-electron chi connectivity index (χ4n) is 1.58. The Hall–Kier alpha value is -0.890. The monoisotopic (exact) mass is 348 g/mol. The Morgan fingerprint density at radius 3 is 2.82 bits per heavy atom. The minimum absolute atomic E-state index is 0. The molecule has 4 N–H and O–H groups in total. The van der Waals surface area contributed by atoms with Crippen molar-refractivity contribution < 1.29 is 5.11 Å². The van der Waals surface area contributed by atoms with Crippen LogP contribution < -0.4 is 11.1 Å². The van der Waals surface area contributed by atoms with Crippen LogP contribution in [0.25, 0.3) is 0 Å². The van der Waals surface area contributed by atoms with E-state index in [9.17, 15) is 5.11 Å². The first kappa shape index (κ1) is 14.2. The van der Waals surface area contributed by atoms with Crippen LogP contribution in [0.1, 0.15) is 19.3 Å². The molecule has 0 unspecified atom stereocenters. The minimum atomic E-state index is -0.629. The molecule has 5 nitrogen and oxygen atoms in total. The molecule has 1 aromatic rings. The standard InChI is InChI=1S/C11H16N4O.HI/c12-10(14-8-11(16)5-3-6-11)15-9-4-1-2-7-13-9;/h1-2,4,7,16H,3,5-6,8H2,(H3,12,13,14,15);1H. The molecular formula is C11H17IN4O. The molecule has 1 saturated carbocycles. The molecule has 94 valence electrons. The van der Waals surface area contributed by atoms with Gasteiger partial charge in [-0.3, -0.25) is 4.99 Å². The maximum absolute atomic E-state index is 9.82. The molecule has 0 radical (unpaired) electrons. The molecule has 0 saturated heterocycles. The zero-order chi connectivity index (χ0) is 11.4. The van der Waals surface area contributed by atoms with E-state index in [2.05, 4.69) is 15.3 Å². The minimum Gasteiger partial charge on any atom is -0.388 e. The number of aromatic nitrogens is 1. The number of aliphatic hydroxyl groups is 1. The average Bonchev–Trinajstić information content (AvgIpc) is 2.25. The Kier molecular flexibility index (Phi) is 5.13. The zero-order valence-electron chi connectivity index (χ0n) is 9.47. The van der Waals surface area contributed by atoms with Crippen molar-refractivity contribution in [2.75, 3.05) is 11.9 Å². The Labute approximate surface area is 118 Å². The van der Waals surface area contributed by atoms with Crippen LogP contribution in [0.5, 0.6) is 0 Å². The number of nitrogens with one attached hydrogen (secondary N) is 1. The number of hydrogen-bond donors (Lipinski definition) is 3. The van der Waals surface area contributed by atoms with E-state index < -0.39 is 5.60 Å². The van der Waals surface area contributed by atoms with E-state index in [-0.39, 0.29) is 24.0 Å². The van der Waals surface area contributed by atoms with Crippen molar-refractivity contribution in [3.05, 3.63) is 24.4 Å². The number of pyridine rings is 1. The van der Waals surface area contributed by atoms with Gasteiger partial charge in [0.25, 0.3) is 0 Å². The molecule has 2 rings (SSSR count). The summed E-state index contributed by atoms with van der Waals surface area (Å²) in [5, 5.41) is 12.7. The summed E-state index contributed by atoms with van der Waals surface area (Å²) in [6, 6.07) is 5.50. The number of halogens is 1. The van der Waals surface area contributed by atoms with Crippen LogP contribution in [0.15, 0.2) is 29.4 Å². The van der Waals surface area contributed by atoms with Crippen LogP contribution >= 0.6 is 24.0 Å². The lowest BCUT2D eigenvalue weighted by Crippen LogP contribution is -2.41. The number of anilines is 1. The van der Waals surface area contributed by atoms with Crippen molar-refractivity contribution in [2.24, 2.45) is 10.7 Å². The van der Waals surface area contributed by atoms with Gasteiger partial charge >= 0.3 is 0 Å². The lowest BCUT2D eigenvalue weighted by molar-refractivity contribution is -0.0235. The summed E-state index contributed by atoms with van der Waals surface area (Å²) in [6.07, 6.45) is 4.37. The van der Waals surface area contributed by atoms with Gasteiger partial charge in [-0.15, -0.1) is 24.0 Å². The summed E-state index contributed by atoms with van der Waals surface area (Å²) in [5.74, 6) is 0.948. The summed E-state index contributed by atoms with van der Waals surface area (Å²) in [4.78, 5) is 8.17. The van der Waals surface area contributed by atoms with Gasteiger partial charge < -0.3 is 16.2 Å². The fourth-order valence-corrected chi connectivity index (χ4v) is 1.58. The van der Waals surface area contributed by atoms with Gasteiger partial charge in [-0.25, -0.2) is 4.98 Å². The maximum Gasteiger partial charge on any atom is 0.194 e. The van der Waals surface area contributed by atoms with Crippen molar-refractivity contribution in [3.8, 4) is 0 Å². The third-order valence-electron chi connectivity index (χ3n) is 2.75. The fraction of sp³-hybridized carbons (Fsp3) is 0.455. The van der Waals surface area contributed by atoms with Gasteiger partial charge in [0.1, 0.15) is 5.82 Å². The molecule has 1 fully saturated rings. The predicted molar refractivity (Wildman–Crippen MR) is 78.6 cm³/mol. The second-order valence-corrected chi connectivity index (χ2v) is 4.12. The molecule has 17 heavy (non-hydrogen) atoms. The van der Waals surface area contributed by atoms with Gasteiger partial charge in [0.15, 0.2) is 5.96 Å². The summed E-state index contributed by atoms with van der Waals surface area (Å²) >= 11 is 0. The van der Waals surface area contributed by atoms with Gasteiger partial charge in [0.05, 0.1) is 12.1 Å². The van der Waals surface area contributed by atoms with E-state index in [1.54, 1.807) is 12.3 Å². The van der Waals surface area contributed by atoms with Gasteiger partial charge in [0.2, 0.25) is 0 Å². The highest BCUT2D eigenvalue weighted by Gasteiger charge is 2.33. The summed E-state index contributed by atoms with van der Waals surface area (Å²) in [7, 11) is 0. The molecule has 0 atom stereocenters. The molecule has 6 heteroatoms. The Morgan fingerprint density at radius 1 is 1.53 bits per heavy atom. The second kappa shape index (κ2) is 6.15. The largest absolute Gasteiger partial charge is 0.388 e. The third-order valence-corrected chi connectivity index (χ3v) is 2.75. The van der Waals surface area contributed by atoms with E-state index in [1.165, 1.54) is 0 Å². The first-order chi connectivity index (χ1) is 7.68. The normalized spacial score (nSPS) is 17.8. The molecule has 0 spiro atoms. The quantitative estimate of drug-likeness (QED) is 0.437. The SMILES string of the molecule is I.NC(=NCC1(O)CCC1)Nc1ccccn1. The number of aliphatic imine (C=N–C) groups is 1. The molecule has 0 aliphatic heterocycles. The second-order valence-electron chi connectivity index (χ2n) is 4.12. The van der Waals surface area contributed by atoms with Crippen LogP contribution in [0.4, 0.5) is 5.82 Å². The highest BCUT2D eigenvalue weighted by atomic mass is 127. The first-order valence-corrected chi connectivity index (χ1v) is 5.38. The highest BCUT2D eigenvalue weighted by Crippen LogP contribution is 2.31. The Morgan fingerprint density at radius 2 is 2.29 bits per heavy atom. The van der Waals surface area contributed by atoms with E-state index in [4.69, 9.17) is 5.73 Å². The van der Waals surface area contributed by atoms with E-state index >= 15 is 0 Å². The third kappa shape index (κ3) is 4.12. The number of guanidine groups is 1. The average molecular weight is 348 g/mol. The highest BCUT2D eigenvalue weighted by molar-refractivity contribution is 14.0. The van der Waals surface area contributed by atoms with E-state index in [0.29, 0.717) is 18.3 Å². The predicted octanol–water partition coefficient (Wildman–Crippen LogP) is 1.34. The van der Waals surface area contributed by atoms with Crippen molar-refractivity contribution in [1.82, 2.24) is 4.98 Å². The molecule has 0 aromatic carbocycles. The molecule has 1 aliphatic carbocycles. The molecule has 1 heterocycles. The number of nitrogens with two attached hydrogens (primary N) is 1. The maximum atomic E-state index is 9.82. The summed E-state index contributed by atoms with van der Waals surface area (Å²) in [6.45, 7) is 0.360. The number of rotatable bonds is 3. The zero-order valence-corrected chi connectivity index (χ0v) is 11.8. The lowest BCUT2D eigenvalue weighted by atomic mass is 9.80. The summed E-state index contributed by atoms with van der Waals surface area (Å²) in [5.41, 5.74) is 5.05. The van der Waals surface area contributed by atoms with Crippen LogP contribution in [0.3, 0.4) is 0 Å². The van der Waals surface area contributed by atoms with Crippen LogP contribution in [-0.4, -0.2) is 28.2 Å². The van der Waals surface area contributed by atoms with Crippen molar-refractivity contribution in [2.45, 2.75) is 24.9 Å². The van der Waals surface area contributed by atoms with Crippen molar-refractivity contribution >= 4 is 35.8 Å². The lowest BCUT2D eigenvalue weighted by Gasteiger charge is -2.34. The number of nitrogens with zero attached hydrogens (tertiary/aromatic N) is 2. The van der Waals surface area contributed by atoms with E-state index in [0.717, 1.165) is 19.3 Å². The van der Waals surface area contributed by atoms with E-state index in [1.807, 2.05) is 12.1 Å². The Balaban J connectivity index is 0.00000144. The number of hydrogen-bond acceptors (Lipinski definition) is 3. The summed E-state index contributed by atoms with van der Waals surface area (Å²) < 4.78 is 0.